The zero-order valence-electron chi connectivity index (χ0n) is 13.1. The van der Waals surface area contributed by atoms with Gasteiger partial charge in [-0.2, -0.15) is 0 Å². The van der Waals surface area contributed by atoms with Crippen LogP contribution < -0.4 is 0 Å². The summed E-state index contributed by atoms with van der Waals surface area (Å²) in [5.74, 6) is -5.79. The van der Waals surface area contributed by atoms with Crippen LogP contribution in [0.15, 0.2) is 48.5 Å². The lowest BCUT2D eigenvalue weighted by Gasteiger charge is -2.33. The van der Waals surface area contributed by atoms with Crippen molar-refractivity contribution in [2.75, 3.05) is 7.11 Å². The van der Waals surface area contributed by atoms with Gasteiger partial charge in [-0.3, -0.25) is 4.79 Å². The standard InChI is InChI=1S/C18H16F2O4/c1-11(21)15(12-7-4-3-5-8-12)18(23,17(22)24-2)16-13(19)9-6-10-14(16)20/h3-10,15,23H,1-2H3. The molecule has 1 N–H and O–H groups in total. The summed E-state index contributed by atoms with van der Waals surface area (Å²) in [6.07, 6.45) is 0. The number of benzene rings is 2. The highest BCUT2D eigenvalue weighted by molar-refractivity contribution is 5.94. The first-order valence-corrected chi connectivity index (χ1v) is 7.14. The highest BCUT2D eigenvalue weighted by Gasteiger charge is 2.52. The number of halogens is 2. The molecule has 2 aromatic rings. The van der Waals surface area contributed by atoms with E-state index < -0.39 is 40.5 Å². The van der Waals surface area contributed by atoms with Gasteiger partial charge in [0.2, 0.25) is 5.60 Å². The average molecular weight is 334 g/mol. The van der Waals surface area contributed by atoms with Gasteiger partial charge in [0.15, 0.2) is 0 Å². The molecule has 0 amide bonds. The summed E-state index contributed by atoms with van der Waals surface area (Å²) in [4.78, 5) is 24.5. The van der Waals surface area contributed by atoms with Crippen LogP contribution in [0.25, 0.3) is 0 Å². The molecule has 0 radical (unpaired) electrons. The third-order valence-electron chi connectivity index (χ3n) is 3.80. The summed E-state index contributed by atoms with van der Waals surface area (Å²) in [6, 6.07) is 10.7. The Morgan fingerprint density at radius 2 is 1.58 bits per heavy atom. The predicted molar refractivity (Wildman–Crippen MR) is 82.1 cm³/mol. The minimum atomic E-state index is -2.84. The number of rotatable bonds is 5. The minimum Gasteiger partial charge on any atom is -0.467 e. The third-order valence-corrected chi connectivity index (χ3v) is 3.80. The fraction of sp³-hybridized carbons (Fsp3) is 0.222. The lowest BCUT2D eigenvalue weighted by molar-refractivity contribution is -0.169. The molecule has 0 bridgehead atoms. The van der Waals surface area contributed by atoms with E-state index in [0.717, 1.165) is 32.2 Å². The molecule has 0 spiro atoms. The molecular formula is C18H16F2O4. The fourth-order valence-corrected chi connectivity index (χ4v) is 2.80. The maximum atomic E-state index is 14.3. The largest absolute Gasteiger partial charge is 0.467 e. The number of carbonyl (C=O) groups excluding carboxylic acids is 2. The molecule has 4 nitrogen and oxygen atoms in total. The van der Waals surface area contributed by atoms with E-state index in [2.05, 4.69) is 4.74 Å². The van der Waals surface area contributed by atoms with E-state index >= 15 is 0 Å². The Morgan fingerprint density at radius 1 is 1.04 bits per heavy atom. The molecule has 24 heavy (non-hydrogen) atoms. The van der Waals surface area contributed by atoms with Crippen molar-refractivity contribution in [1.29, 1.82) is 0 Å². The van der Waals surface area contributed by atoms with E-state index in [9.17, 15) is 23.5 Å². The Bertz CT molecular complexity index is 741. The van der Waals surface area contributed by atoms with Gasteiger partial charge >= 0.3 is 5.97 Å². The molecule has 0 aliphatic rings. The molecule has 0 saturated heterocycles. The molecule has 126 valence electrons. The van der Waals surface area contributed by atoms with Crippen molar-refractivity contribution < 1.29 is 28.2 Å². The summed E-state index contributed by atoms with van der Waals surface area (Å²) in [6.45, 7) is 1.13. The lowest BCUT2D eigenvalue weighted by Crippen LogP contribution is -2.46. The first kappa shape index (κ1) is 17.7. The van der Waals surface area contributed by atoms with Crippen LogP contribution in [0.4, 0.5) is 8.78 Å². The van der Waals surface area contributed by atoms with Gasteiger partial charge in [-0.1, -0.05) is 36.4 Å². The summed E-state index contributed by atoms with van der Waals surface area (Å²) >= 11 is 0. The number of methoxy groups -OCH3 is 1. The molecule has 2 rings (SSSR count). The average Bonchev–Trinajstić information content (AvgIpc) is 2.54. The van der Waals surface area contributed by atoms with Crippen molar-refractivity contribution in [3.05, 3.63) is 71.3 Å². The van der Waals surface area contributed by atoms with E-state index in [1.165, 1.54) is 12.1 Å². The van der Waals surface area contributed by atoms with Crippen molar-refractivity contribution in [3.63, 3.8) is 0 Å². The molecule has 2 aromatic carbocycles. The van der Waals surface area contributed by atoms with Crippen LogP contribution in [0.2, 0.25) is 0 Å². The van der Waals surface area contributed by atoms with Crippen LogP contribution in [0.1, 0.15) is 24.0 Å². The Balaban J connectivity index is 2.80. The van der Waals surface area contributed by atoms with Crippen molar-refractivity contribution in [2.45, 2.75) is 18.4 Å². The van der Waals surface area contributed by atoms with Crippen LogP contribution in [-0.2, 0) is 19.9 Å². The third kappa shape index (κ3) is 2.92. The molecule has 0 saturated carbocycles. The van der Waals surface area contributed by atoms with Gasteiger partial charge in [0.25, 0.3) is 0 Å². The summed E-state index contributed by atoms with van der Waals surface area (Å²) < 4.78 is 33.1. The normalized spacial score (nSPS) is 14.5. The van der Waals surface area contributed by atoms with E-state index in [1.807, 2.05) is 0 Å². The number of carbonyl (C=O) groups is 2. The second-order valence-corrected chi connectivity index (χ2v) is 5.31. The fourth-order valence-electron chi connectivity index (χ4n) is 2.80. The Hall–Kier alpha value is -2.60. The topological polar surface area (TPSA) is 63.6 Å². The number of esters is 1. The highest BCUT2D eigenvalue weighted by atomic mass is 19.1. The number of Topliss-reactive ketones (excluding diaryl/α,β-unsaturated/α-hetero) is 1. The van der Waals surface area contributed by atoms with Crippen LogP contribution >= 0.6 is 0 Å². The van der Waals surface area contributed by atoms with E-state index in [1.54, 1.807) is 18.2 Å². The lowest BCUT2D eigenvalue weighted by atomic mass is 9.74. The first-order chi connectivity index (χ1) is 11.3. The second kappa shape index (κ2) is 6.88. The Kier molecular flexibility index (Phi) is 5.09. The van der Waals surface area contributed by atoms with Crippen molar-refractivity contribution in [1.82, 2.24) is 0 Å². The van der Waals surface area contributed by atoms with Crippen LogP contribution in [-0.4, -0.2) is 24.0 Å². The molecule has 2 atom stereocenters. The Labute approximate surface area is 137 Å². The van der Waals surface area contributed by atoms with Gasteiger partial charge in [0.1, 0.15) is 17.4 Å². The molecule has 0 aliphatic heterocycles. The highest BCUT2D eigenvalue weighted by Crippen LogP contribution is 2.41. The van der Waals surface area contributed by atoms with Gasteiger partial charge in [-0.25, -0.2) is 13.6 Å². The van der Waals surface area contributed by atoms with Gasteiger partial charge in [-0.05, 0) is 24.6 Å². The monoisotopic (exact) mass is 334 g/mol. The molecule has 0 heterocycles. The van der Waals surface area contributed by atoms with E-state index in [-0.39, 0.29) is 5.56 Å². The quantitative estimate of drug-likeness (QED) is 0.854. The molecule has 0 fully saturated rings. The Morgan fingerprint density at radius 3 is 2.04 bits per heavy atom. The maximum absolute atomic E-state index is 14.3. The van der Waals surface area contributed by atoms with Crippen molar-refractivity contribution in [3.8, 4) is 0 Å². The van der Waals surface area contributed by atoms with Gasteiger partial charge < -0.3 is 9.84 Å². The number of hydrogen-bond donors (Lipinski definition) is 1. The smallest absolute Gasteiger partial charge is 0.343 e. The van der Waals surface area contributed by atoms with Crippen LogP contribution in [0.3, 0.4) is 0 Å². The van der Waals surface area contributed by atoms with Crippen LogP contribution in [0, 0.1) is 11.6 Å². The first-order valence-electron chi connectivity index (χ1n) is 7.14. The van der Waals surface area contributed by atoms with Crippen molar-refractivity contribution >= 4 is 11.8 Å². The molecule has 2 unspecified atom stereocenters. The molecule has 0 aliphatic carbocycles. The number of hydrogen-bond acceptors (Lipinski definition) is 4. The number of ether oxygens (including phenoxy) is 1. The van der Waals surface area contributed by atoms with Gasteiger partial charge in [-0.15, -0.1) is 0 Å². The summed E-state index contributed by atoms with van der Waals surface area (Å²) in [5.41, 5.74) is -3.52. The SMILES string of the molecule is COC(=O)C(O)(c1c(F)cccc1F)C(C(C)=O)c1ccccc1. The number of ketones is 1. The molecular weight excluding hydrogens is 318 g/mol. The van der Waals surface area contributed by atoms with Gasteiger partial charge in [0, 0.05) is 0 Å². The van der Waals surface area contributed by atoms with Crippen molar-refractivity contribution in [2.24, 2.45) is 0 Å². The zero-order chi connectivity index (χ0) is 17.9. The number of aliphatic hydroxyl groups is 1. The maximum Gasteiger partial charge on any atom is 0.343 e. The van der Waals surface area contributed by atoms with Gasteiger partial charge in [0.05, 0.1) is 18.6 Å². The summed E-state index contributed by atoms with van der Waals surface area (Å²) in [5, 5.41) is 11.0. The van der Waals surface area contributed by atoms with E-state index in [0.29, 0.717) is 0 Å². The predicted octanol–water partition coefficient (Wildman–Crippen LogP) is 2.70. The van der Waals surface area contributed by atoms with Crippen LogP contribution in [0.5, 0.6) is 0 Å². The zero-order valence-corrected chi connectivity index (χ0v) is 13.1. The minimum absolute atomic E-state index is 0.237. The second-order valence-electron chi connectivity index (χ2n) is 5.31. The van der Waals surface area contributed by atoms with E-state index in [4.69, 9.17) is 0 Å². The molecule has 6 heteroatoms. The molecule has 0 aromatic heterocycles. The summed E-state index contributed by atoms with van der Waals surface area (Å²) in [7, 11) is 0.967.